The van der Waals surface area contributed by atoms with Gasteiger partial charge in [-0.3, -0.25) is 0 Å². The van der Waals surface area contributed by atoms with Gasteiger partial charge in [-0.2, -0.15) is 0 Å². The number of nitrogens with one attached hydrogen (secondary N) is 1. The van der Waals surface area contributed by atoms with E-state index in [2.05, 4.69) is 4.84 Å². The second-order valence-corrected chi connectivity index (χ2v) is 2.91. The molecule has 0 aromatic rings. The molecule has 1 fully saturated rings. The van der Waals surface area contributed by atoms with Gasteiger partial charge in [0, 0.05) is 12.8 Å². The Labute approximate surface area is 55.1 Å². The van der Waals surface area contributed by atoms with Crippen LogP contribution < -0.4 is 5.23 Å². The summed E-state index contributed by atoms with van der Waals surface area (Å²) >= 11 is 0. The molecule has 1 aliphatic carbocycles. The molecule has 1 atom stereocenters. The topological polar surface area (TPSA) is 36.7 Å². The fourth-order valence-corrected chi connectivity index (χ4v) is 1.16. The minimum atomic E-state index is -0.130. The lowest BCUT2D eigenvalue weighted by Gasteiger charge is -2.43. The largest absolute Gasteiger partial charge is 0.599 e. The van der Waals surface area contributed by atoms with Crippen LogP contribution in [0.15, 0.2) is 0 Å². The van der Waals surface area contributed by atoms with Gasteiger partial charge in [0.1, 0.15) is 5.54 Å². The minimum absolute atomic E-state index is 0.0475. The van der Waals surface area contributed by atoms with Crippen LogP contribution in [0.3, 0.4) is 0 Å². The first kappa shape index (κ1) is 6.99. The number of hydrogen-bond donors (Lipinski definition) is 1. The smallest absolute Gasteiger partial charge is 0.124 e. The van der Waals surface area contributed by atoms with E-state index in [1.807, 2.05) is 6.92 Å². The Morgan fingerprint density at radius 2 is 2.11 bits per heavy atom. The van der Waals surface area contributed by atoms with Gasteiger partial charge >= 0.3 is 0 Å². The standard InChI is InChI=1S/C6H13NO2/c1-6(4-3-5-6)7(8)9-2/h7H,3-5H2,1-2H3. The van der Waals surface area contributed by atoms with Crippen molar-refractivity contribution in [3.8, 4) is 0 Å². The minimum Gasteiger partial charge on any atom is -0.599 e. The zero-order valence-corrected chi connectivity index (χ0v) is 5.94. The van der Waals surface area contributed by atoms with Crippen molar-refractivity contribution < 1.29 is 10.1 Å². The summed E-state index contributed by atoms with van der Waals surface area (Å²) in [6.07, 6.45) is 3.17. The second kappa shape index (κ2) is 2.25. The average Bonchev–Trinajstić information content (AvgIpc) is 1.81. The van der Waals surface area contributed by atoms with E-state index in [0.717, 1.165) is 12.8 Å². The molecule has 1 N–H and O–H groups in total. The van der Waals surface area contributed by atoms with Gasteiger partial charge in [-0.05, 0) is 13.3 Å². The Morgan fingerprint density at radius 1 is 1.56 bits per heavy atom. The van der Waals surface area contributed by atoms with Crippen molar-refractivity contribution in [3.63, 3.8) is 0 Å². The summed E-state index contributed by atoms with van der Waals surface area (Å²) in [5, 5.41) is 10.8. The van der Waals surface area contributed by atoms with Gasteiger partial charge in [0.2, 0.25) is 0 Å². The molecule has 1 unspecified atom stereocenters. The maximum Gasteiger partial charge on any atom is 0.124 e. The highest BCUT2D eigenvalue weighted by Gasteiger charge is 2.39. The molecule has 1 aliphatic rings. The highest BCUT2D eigenvalue weighted by atomic mass is 16.9. The number of quaternary nitrogens is 1. The van der Waals surface area contributed by atoms with Gasteiger partial charge in [0.15, 0.2) is 0 Å². The summed E-state index contributed by atoms with van der Waals surface area (Å²) in [7, 11) is 1.45. The molecule has 0 spiro atoms. The lowest BCUT2D eigenvalue weighted by molar-refractivity contribution is -1.09. The van der Waals surface area contributed by atoms with Gasteiger partial charge in [-0.1, -0.05) is 0 Å². The quantitative estimate of drug-likeness (QED) is 0.530. The molecule has 9 heavy (non-hydrogen) atoms. The zero-order valence-electron chi connectivity index (χ0n) is 5.94. The highest BCUT2D eigenvalue weighted by Crippen LogP contribution is 2.27. The monoisotopic (exact) mass is 131 g/mol. The summed E-state index contributed by atoms with van der Waals surface area (Å²) in [6, 6.07) is 0. The van der Waals surface area contributed by atoms with E-state index < -0.39 is 0 Å². The normalized spacial score (nSPS) is 27.0. The molecule has 0 radical (unpaired) electrons. The van der Waals surface area contributed by atoms with Gasteiger partial charge in [0.25, 0.3) is 0 Å². The van der Waals surface area contributed by atoms with Gasteiger partial charge in [0.05, 0.1) is 7.11 Å². The van der Waals surface area contributed by atoms with Gasteiger partial charge in [-0.25, -0.2) is 10.1 Å². The van der Waals surface area contributed by atoms with Crippen LogP contribution >= 0.6 is 0 Å². The van der Waals surface area contributed by atoms with Crippen LogP contribution in [0.25, 0.3) is 0 Å². The van der Waals surface area contributed by atoms with Crippen LogP contribution in [0.2, 0.25) is 0 Å². The van der Waals surface area contributed by atoms with Crippen LogP contribution in [0, 0.1) is 5.21 Å². The Bertz CT molecular complexity index is 101. The van der Waals surface area contributed by atoms with E-state index in [9.17, 15) is 5.21 Å². The summed E-state index contributed by atoms with van der Waals surface area (Å²) in [4.78, 5) is 4.62. The maximum absolute atomic E-state index is 10.9. The third-order valence-electron chi connectivity index (χ3n) is 2.14. The Hall–Kier alpha value is -0.120. The molecule has 0 aliphatic heterocycles. The number of hydroxylamine groups is 2. The van der Waals surface area contributed by atoms with Crippen molar-refractivity contribution in [1.82, 2.24) is 0 Å². The molecule has 0 heterocycles. The first-order valence-corrected chi connectivity index (χ1v) is 3.27. The SMILES string of the molecule is CO[NH+]([O-])C1(C)CCC1. The fourth-order valence-electron chi connectivity index (χ4n) is 1.16. The summed E-state index contributed by atoms with van der Waals surface area (Å²) in [6.45, 7) is 1.96. The van der Waals surface area contributed by atoms with Crippen molar-refractivity contribution in [2.24, 2.45) is 0 Å². The van der Waals surface area contributed by atoms with E-state index in [0.29, 0.717) is 0 Å². The molecule has 3 heteroatoms. The fraction of sp³-hybridized carbons (Fsp3) is 1.00. The van der Waals surface area contributed by atoms with Gasteiger partial charge < -0.3 is 5.21 Å². The molecular weight excluding hydrogens is 118 g/mol. The Morgan fingerprint density at radius 3 is 2.22 bits per heavy atom. The van der Waals surface area contributed by atoms with Crippen molar-refractivity contribution in [1.29, 1.82) is 0 Å². The molecule has 3 nitrogen and oxygen atoms in total. The second-order valence-electron chi connectivity index (χ2n) is 2.91. The van der Waals surface area contributed by atoms with E-state index >= 15 is 0 Å². The third-order valence-corrected chi connectivity index (χ3v) is 2.14. The maximum atomic E-state index is 10.9. The van der Waals surface area contributed by atoms with E-state index in [1.54, 1.807) is 0 Å². The summed E-state index contributed by atoms with van der Waals surface area (Å²) < 4.78 is 0. The molecule has 0 bridgehead atoms. The van der Waals surface area contributed by atoms with Crippen LogP contribution in [0.5, 0.6) is 0 Å². The van der Waals surface area contributed by atoms with E-state index in [1.165, 1.54) is 13.5 Å². The number of hydrogen-bond acceptors (Lipinski definition) is 2. The molecule has 0 aromatic carbocycles. The van der Waals surface area contributed by atoms with Crippen molar-refractivity contribution in [2.45, 2.75) is 31.7 Å². The molecule has 0 aromatic heterocycles. The predicted molar refractivity (Wildman–Crippen MR) is 33.6 cm³/mol. The number of rotatable bonds is 2. The molecule has 1 rings (SSSR count). The average molecular weight is 131 g/mol. The Balaban J connectivity index is 2.38. The lowest BCUT2D eigenvalue weighted by Crippen LogP contribution is -3.15. The molecule has 1 saturated carbocycles. The van der Waals surface area contributed by atoms with Crippen LogP contribution in [0.4, 0.5) is 0 Å². The van der Waals surface area contributed by atoms with Gasteiger partial charge in [-0.15, -0.1) is 0 Å². The highest BCUT2D eigenvalue weighted by molar-refractivity contribution is 4.82. The zero-order chi connectivity index (χ0) is 6.91. The Kier molecular flexibility index (Phi) is 1.75. The third kappa shape index (κ3) is 1.08. The van der Waals surface area contributed by atoms with Crippen molar-refractivity contribution in [3.05, 3.63) is 5.21 Å². The first-order chi connectivity index (χ1) is 4.19. The van der Waals surface area contributed by atoms with Crippen LogP contribution in [0.1, 0.15) is 26.2 Å². The summed E-state index contributed by atoms with van der Waals surface area (Å²) in [5.74, 6) is 0. The van der Waals surface area contributed by atoms with Crippen molar-refractivity contribution >= 4 is 0 Å². The lowest BCUT2D eigenvalue weighted by atomic mass is 9.79. The summed E-state index contributed by atoms with van der Waals surface area (Å²) in [5.41, 5.74) is -0.130. The molecule has 54 valence electrons. The van der Waals surface area contributed by atoms with Crippen molar-refractivity contribution in [2.75, 3.05) is 7.11 Å². The molecule has 0 saturated heterocycles. The van der Waals surface area contributed by atoms with Crippen LogP contribution in [-0.2, 0) is 4.84 Å². The molecular formula is C6H13NO2. The van der Waals surface area contributed by atoms with E-state index in [-0.39, 0.29) is 10.8 Å². The van der Waals surface area contributed by atoms with E-state index in [4.69, 9.17) is 0 Å². The molecule has 0 amide bonds. The van der Waals surface area contributed by atoms with Crippen LogP contribution in [-0.4, -0.2) is 12.6 Å². The predicted octanol–water partition coefficient (Wildman–Crippen LogP) is -0.127. The first-order valence-electron chi connectivity index (χ1n) is 3.27.